The third kappa shape index (κ3) is 5.22. The fourth-order valence-corrected chi connectivity index (χ4v) is 2.38. The highest BCUT2D eigenvalue weighted by Crippen LogP contribution is 2.11. The van der Waals surface area contributed by atoms with Crippen LogP contribution in [0.1, 0.15) is 30.3 Å². The van der Waals surface area contributed by atoms with Crippen molar-refractivity contribution in [3.63, 3.8) is 0 Å². The maximum Gasteiger partial charge on any atom is 0.308 e. The van der Waals surface area contributed by atoms with Crippen molar-refractivity contribution < 1.29 is 14.3 Å². The zero-order chi connectivity index (χ0) is 17.5. The highest BCUT2D eigenvalue weighted by atomic mass is 16.5. The van der Waals surface area contributed by atoms with E-state index < -0.39 is 5.97 Å². The quantitative estimate of drug-likeness (QED) is 0.793. The van der Waals surface area contributed by atoms with Gasteiger partial charge in [-0.25, -0.2) is 0 Å². The van der Waals surface area contributed by atoms with Crippen LogP contribution >= 0.6 is 0 Å². The first kappa shape index (κ1) is 17.7. The summed E-state index contributed by atoms with van der Waals surface area (Å²) in [4.78, 5) is 23.6. The van der Waals surface area contributed by atoms with Gasteiger partial charge < -0.3 is 10.1 Å². The third-order valence-electron chi connectivity index (χ3n) is 3.61. The van der Waals surface area contributed by atoms with Crippen molar-refractivity contribution in [2.24, 2.45) is 0 Å². The smallest absolute Gasteiger partial charge is 0.308 e. The van der Waals surface area contributed by atoms with E-state index in [9.17, 15) is 9.59 Å². The molecular weight excluding hydrogens is 306 g/mol. The summed E-state index contributed by atoms with van der Waals surface area (Å²) in [5.41, 5.74) is 3.75. The number of benzene rings is 1. The van der Waals surface area contributed by atoms with Gasteiger partial charge in [-0.3, -0.25) is 14.3 Å². The number of amides is 1. The molecule has 2 rings (SSSR count). The fraction of sp³-hybridized carbons (Fsp3) is 0.389. The largest absolute Gasteiger partial charge is 0.456 e. The van der Waals surface area contributed by atoms with Crippen molar-refractivity contribution in [1.29, 1.82) is 0 Å². The lowest BCUT2D eigenvalue weighted by Gasteiger charge is -2.08. The summed E-state index contributed by atoms with van der Waals surface area (Å²) in [7, 11) is 0. The molecule has 0 aliphatic heterocycles. The normalized spacial score (nSPS) is 10.5. The van der Waals surface area contributed by atoms with Gasteiger partial charge in [0.25, 0.3) is 5.91 Å². The van der Waals surface area contributed by atoms with Gasteiger partial charge in [-0.15, -0.1) is 0 Å². The van der Waals surface area contributed by atoms with Crippen LogP contribution in [0.4, 0.5) is 5.69 Å². The lowest BCUT2D eigenvalue weighted by Crippen LogP contribution is -2.21. The summed E-state index contributed by atoms with van der Waals surface area (Å²) in [6.07, 6.45) is 1.07. The predicted octanol–water partition coefficient (Wildman–Crippen LogP) is 2.63. The maximum absolute atomic E-state index is 11.8. The first-order chi connectivity index (χ1) is 11.5. The molecule has 6 nitrogen and oxygen atoms in total. The molecule has 0 fully saturated rings. The number of carbonyl (C=O) groups excluding carboxylic acids is 2. The number of nitrogens with zero attached hydrogens (tertiary/aromatic N) is 2. The van der Waals surface area contributed by atoms with Crippen LogP contribution in [-0.4, -0.2) is 28.3 Å². The van der Waals surface area contributed by atoms with Gasteiger partial charge in [0.1, 0.15) is 0 Å². The zero-order valence-electron chi connectivity index (χ0n) is 14.3. The molecule has 1 amide bonds. The minimum atomic E-state index is -0.417. The number of anilines is 1. The molecule has 1 aromatic heterocycles. The number of aromatic nitrogens is 2. The van der Waals surface area contributed by atoms with Gasteiger partial charge in [0.15, 0.2) is 6.61 Å². The van der Waals surface area contributed by atoms with Gasteiger partial charge in [-0.2, -0.15) is 5.10 Å². The Hall–Kier alpha value is -2.63. The van der Waals surface area contributed by atoms with Crippen LogP contribution in [0.3, 0.4) is 0 Å². The second-order valence-corrected chi connectivity index (χ2v) is 5.66. The van der Waals surface area contributed by atoms with Crippen LogP contribution in [0.15, 0.2) is 30.3 Å². The van der Waals surface area contributed by atoms with Crippen LogP contribution in [0, 0.1) is 13.8 Å². The van der Waals surface area contributed by atoms with Gasteiger partial charge in [0.2, 0.25) is 0 Å². The number of rotatable bonds is 7. The molecule has 24 heavy (non-hydrogen) atoms. The molecule has 128 valence electrons. The number of hydrogen-bond donors (Lipinski definition) is 1. The monoisotopic (exact) mass is 329 g/mol. The van der Waals surface area contributed by atoms with Gasteiger partial charge in [0.05, 0.1) is 18.7 Å². The van der Waals surface area contributed by atoms with E-state index in [1.807, 2.05) is 51.1 Å². The Kier molecular flexibility index (Phi) is 6.12. The second kappa shape index (κ2) is 8.29. The first-order valence-corrected chi connectivity index (χ1v) is 8.03. The van der Waals surface area contributed by atoms with Gasteiger partial charge in [0, 0.05) is 11.4 Å². The van der Waals surface area contributed by atoms with Crippen molar-refractivity contribution in [3.8, 4) is 0 Å². The molecule has 0 atom stereocenters. The molecule has 0 saturated heterocycles. The van der Waals surface area contributed by atoms with E-state index in [1.165, 1.54) is 0 Å². The summed E-state index contributed by atoms with van der Waals surface area (Å²) in [5.74, 6) is -0.761. The number of aryl methyl sites for hydroxylation is 4. The van der Waals surface area contributed by atoms with E-state index in [2.05, 4.69) is 10.4 Å². The van der Waals surface area contributed by atoms with Crippen molar-refractivity contribution in [2.45, 2.75) is 40.2 Å². The Balaban J connectivity index is 1.74. The van der Waals surface area contributed by atoms with E-state index in [0.29, 0.717) is 12.2 Å². The summed E-state index contributed by atoms with van der Waals surface area (Å²) in [6.45, 7) is 6.04. The highest BCUT2D eigenvalue weighted by molar-refractivity contribution is 5.92. The zero-order valence-corrected chi connectivity index (χ0v) is 14.3. The summed E-state index contributed by atoms with van der Waals surface area (Å²) < 4.78 is 6.77. The Morgan fingerprint density at radius 2 is 2.04 bits per heavy atom. The van der Waals surface area contributed by atoms with E-state index >= 15 is 0 Å². The Labute approximate surface area is 141 Å². The van der Waals surface area contributed by atoms with E-state index in [4.69, 9.17) is 4.74 Å². The lowest BCUT2D eigenvalue weighted by molar-refractivity contribution is -0.147. The molecule has 0 aliphatic rings. The van der Waals surface area contributed by atoms with Crippen LogP contribution in [0.25, 0.3) is 0 Å². The average molecular weight is 329 g/mol. The molecule has 0 aliphatic carbocycles. The molecule has 0 spiro atoms. The molecule has 0 saturated carbocycles. The average Bonchev–Trinajstić information content (AvgIpc) is 2.88. The Bertz CT molecular complexity index is 722. The van der Waals surface area contributed by atoms with Crippen molar-refractivity contribution in [3.05, 3.63) is 47.3 Å². The van der Waals surface area contributed by atoms with Crippen LogP contribution in [0.5, 0.6) is 0 Å². The maximum atomic E-state index is 11.8. The van der Waals surface area contributed by atoms with Crippen molar-refractivity contribution in [2.75, 3.05) is 11.9 Å². The molecule has 0 bridgehead atoms. The molecular formula is C18H23N3O3. The lowest BCUT2D eigenvalue weighted by atomic mass is 10.1. The molecule has 1 heterocycles. The minimum Gasteiger partial charge on any atom is -0.456 e. The molecule has 6 heteroatoms. The summed E-state index contributed by atoms with van der Waals surface area (Å²) >= 11 is 0. The summed E-state index contributed by atoms with van der Waals surface area (Å²) in [5, 5.41) is 7.00. The number of hydrogen-bond acceptors (Lipinski definition) is 4. The minimum absolute atomic E-state index is 0.181. The van der Waals surface area contributed by atoms with Crippen LogP contribution in [0.2, 0.25) is 0 Å². The highest BCUT2D eigenvalue weighted by Gasteiger charge is 2.10. The van der Waals surface area contributed by atoms with Crippen LogP contribution in [-0.2, 0) is 27.3 Å². The van der Waals surface area contributed by atoms with E-state index in [-0.39, 0.29) is 18.9 Å². The van der Waals surface area contributed by atoms with E-state index in [0.717, 1.165) is 23.4 Å². The third-order valence-corrected chi connectivity index (χ3v) is 3.61. The second-order valence-electron chi connectivity index (χ2n) is 5.66. The number of nitrogens with one attached hydrogen (secondary N) is 1. The number of esters is 1. The van der Waals surface area contributed by atoms with Gasteiger partial charge >= 0.3 is 5.97 Å². The van der Waals surface area contributed by atoms with E-state index in [1.54, 1.807) is 4.68 Å². The molecule has 1 N–H and O–H groups in total. The molecule has 1 aromatic carbocycles. The SMILES string of the molecule is CCc1cccc(NC(=O)COC(=O)CCn2nc(C)cc2C)c1. The Morgan fingerprint density at radius 1 is 1.25 bits per heavy atom. The summed E-state index contributed by atoms with van der Waals surface area (Å²) in [6, 6.07) is 9.54. The van der Waals surface area contributed by atoms with Crippen molar-refractivity contribution >= 4 is 17.6 Å². The molecule has 0 radical (unpaired) electrons. The van der Waals surface area contributed by atoms with Gasteiger partial charge in [-0.05, 0) is 44.0 Å². The molecule has 0 unspecified atom stereocenters. The van der Waals surface area contributed by atoms with Gasteiger partial charge in [-0.1, -0.05) is 19.1 Å². The van der Waals surface area contributed by atoms with Crippen molar-refractivity contribution in [1.82, 2.24) is 9.78 Å². The topological polar surface area (TPSA) is 73.2 Å². The predicted molar refractivity (Wildman–Crippen MR) is 91.7 cm³/mol. The van der Waals surface area contributed by atoms with Crippen LogP contribution < -0.4 is 5.32 Å². The molecule has 2 aromatic rings. The fourth-order valence-electron chi connectivity index (χ4n) is 2.38. The first-order valence-electron chi connectivity index (χ1n) is 8.03. The standard InChI is InChI=1S/C18H23N3O3/c1-4-15-6-5-7-16(11-15)19-17(22)12-24-18(23)8-9-21-14(3)10-13(2)20-21/h5-7,10-11H,4,8-9,12H2,1-3H3,(H,19,22). The number of ether oxygens (including phenoxy) is 1. The number of carbonyl (C=O) groups is 2. The Morgan fingerprint density at radius 3 is 2.71 bits per heavy atom.